The van der Waals surface area contributed by atoms with Crippen LogP contribution < -0.4 is 10.6 Å². The lowest BCUT2D eigenvalue weighted by atomic mass is 9.96. The monoisotopic (exact) mass is 304 g/mol. The SMILES string of the molecule is CCOCCOC(=O)C1=C(C)NC(=O)N[C@@H]1c1ccccc1. The molecule has 2 amide bonds. The van der Waals surface area contributed by atoms with Crippen LogP contribution in [0.15, 0.2) is 41.6 Å². The van der Waals surface area contributed by atoms with Gasteiger partial charge in [-0.3, -0.25) is 0 Å². The van der Waals surface area contributed by atoms with Gasteiger partial charge in [-0.05, 0) is 19.4 Å². The van der Waals surface area contributed by atoms with E-state index < -0.39 is 12.0 Å². The zero-order chi connectivity index (χ0) is 15.9. The normalized spacial score (nSPS) is 17.7. The molecule has 0 saturated heterocycles. The fourth-order valence-corrected chi connectivity index (χ4v) is 2.28. The Kier molecular flexibility index (Phi) is 5.55. The molecule has 2 rings (SSSR count). The molecule has 0 bridgehead atoms. The van der Waals surface area contributed by atoms with E-state index in [1.807, 2.05) is 37.3 Å². The molecule has 1 atom stereocenters. The van der Waals surface area contributed by atoms with Gasteiger partial charge in [0.15, 0.2) is 0 Å². The summed E-state index contributed by atoms with van der Waals surface area (Å²) < 4.78 is 10.4. The van der Waals surface area contributed by atoms with Gasteiger partial charge in [-0.1, -0.05) is 30.3 Å². The van der Waals surface area contributed by atoms with Crippen LogP contribution >= 0.6 is 0 Å². The molecule has 1 aromatic rings. The minimum atomic E-state index is -0.519. The summed E-state index contributed by atoms with van der Waals surface area (Å²) in [6.45, 7) is 4.67. The topological polar surface area (TPSA) is 76.7 Å². The molecule has 0 aromatic heterocycles. The maximum absolute atomic E-state index is 12.3. The third kappa shape index (κ3) is 3.85. The van der Waals surface area contributed by atoms with Crippen molar-refractivity contribution < 1.29 is 19.1 Å². The number of hydrogen-bond acceptors (Lipinski definition) is 4. The lowest BCUT2D eigenvalue weighted by Gasteiger charge is -2.28. The number of hydrogen-bond donors (Lipinski definition) is 2. The number of ether oxygens (including phenoxy) is 2. The van der Waals surface area contributed by atoms with Crippen molar-refractivity contribution >= 4 is 12.0 Å². The van der Waals surface area contributed by atoms with Crippen LogP contribution in [0.4, 0.5) is 4.79 Å². The molecule has 0 aliphatic carbocycles. The second-order valence-corrected chi connectivity index (χ2v) is 4.81. The molecule has 0 saturated carbocycles. The third-order valence-electron chi connectivity index (χ3n) is 3.29. The van der Waals surface area contributed by atoms with Crippen LogP contribution in [0.1, 0.15) is 25.5 Å². The van der Waals surface area contributed by atoms with Crippen LogP contribution in [-0.4, -0.2) is 31.8 Å². The van der Waals surface area contributed by atoms with E-state index in [9.17, 15) is 9.59 Å². The predicted molar refractivity (Wildman–Crippen MR) is 81.0 cm³/mol. The number of benzene rings is 1. The number of carbonyl (C=O) groups excluding carboxylic acids is 2. The van der Waals surface area contributed by atoms with Gasteiger partial charge in [0.2, 0.25) is 0 Å². The number of esters is 1. The van der Waals surface area contributed by atoms with E-state index in [1.54, 1.807) is 6.92 Å². The van der Waals surface area contributed by atoms with Crippen LogP contribution in [0.3, 0.4) is 0 Å². The average Bonchev–Trinajstić information content (AvgIpc) is 2.51. The van der Waals surface area contributed by atoms with Gasteiger partial charge >= 0.3 is 12.0 Å². The number of allylic oxidation sites excluding steroid dienone is 1. The molecule has 1 aliphatic heterocycles. The van der Waals surface area contributed by atoms with Crippen molar-refractivity contribution in [1.82, 2.24) is 10.6 Å². The van der Waals surface area contributed by atoms with E-state index in [-0.39, 0.29) is 12.6 Å². The summed E-state index contributed by atoms with van der Waals surface area (Å²) in [5.74, 6) is -0.460. The number of amides is 2. The van der Waals surface area contributed by atoms with Gasteiger partial charge in [-0.15, -0.1) is 0 Å². The van der Waals surface area contributed by atoms with Crippen LogP contribution in [0.25, 0.3) is 0 Å². The van der Waals surface area contributed by atoms with Gasteiger partial charge < -0.3 is 20.1 Å². The highest BCUT2D eigenvalue weighted by molar-refractivity contribution is 5.95. The summed E-state index contributed by atoms with van der Waals surface area (Å²) in [5, 5.41) is 5.36. The van der Waals surface area contributed by atoms with Crippen molar-refractivity contribution in [2.45, 2.75) is 19.9 Å². The van der Waals surface area contributed by atoms with Gasteiger partial charge in [-0.2, -0.15) is 0 Å². The molecule has 22 heavy (non-hydrogen) atoms. The van der Waals surface area contributed by atoms with Crippen LogP contribution in [0.5, 0.6) is 0 Å². The summed E-state index contributed by atoms with van der Waals surface area (Å²) in [7, 11) is 0. The quantitative estimate of drug-likeness (QED) is 0.621. The molecule has 118 valence electrons. The number of carbonyl (C=O) groups is 2. The fraction of sp³-hybridized carbons (Fsp3) is 0.375. The minimum Gasteiger partial charge on any atom is -0.460 e. The summed E-state index contributed by atoms with van der Waals surface area (Å²) >= 11 is 0. The maximum atomic E-state index is 12.3. The predicted octanol–water partition coefficient (Wildman–Crippen LogP) is 1.89. The zero-order valence-electron chi connectivity index (χ0n) is 12.7. The first-order valence-electron chi connectivity index (χ1n) is 7.21. The van der Waals surface area contributed by atoms with Crippen molar-refractivity contribution in [3.63, 3.8) is 0 Å². The first-order chi connectivity index (χ1) is 10.6. The number of rotatable bonds is 6. The van der Waals surface area contributed by atoms with E-state index in [1.165, 1.54) is 0 Å². The molecule has 1 aliphatic rings. The highest BCUT2D eigenvalue weighted by Crippen LogP contribution is 2.27. The van der Waals surface area contributed by atoms with Gasteiger partial charge in [0.05, 0.1) is 18.2 Å². The highest BCUT2D eigenvalue weighted by atomic mass is 16.6. The second-order valence-electron chi connectivity index (χ2n) is 4.81. The Morgan fingerprint density at radius 2 is 1.95 bits per heavy atom. The molecular formula is C16H20N2O4. The first-order valence-corrected chi connectivity index (χ1v) is 7.21. The lowest BCUT2D eigenvalue weighted by molar-refractivity contribution is -0.141. The van der Waals surface area contributed by atoms with E-state index in [0.717, 1.165) is 5.56 Å². The van der Waals surface area contributed by atoms with E-state index in [2.05, 4.69) is 10.6 Å². The van der Waals surface area contributed by atoms with Crippen molar-refractivity contribution in [1.29, 1.82) is 0 Å². The number of urea groups is 1. The number of nitrogens with one attached hydrogen (secondary N) is 2. The molecular weight excluding hydrogens is 284 g/mol. The molecule has 6 nitrogen and oxygen atoms in total. The Bertz CT molecular complexity index is 569. The third-order valence-corrected chi connectivity index (χ3v) is 3.29. The summed E-state index contributed by atoms with van der Waals surface area (Å²) in [6.07, 6.45) is 0. The summed E-state index contributed by atoms with van der Waals surface area (Å²) in [6, 6.07) is 8.46. The van der Waals surface area contributed by atoms with Crippen molar-refractivity contribution in [3.05, 3.63) is 47.2 Å². The second kappa shape index (κ2) is 7.61. The van der Waals surface area contributed by atoms with E-state index in [0.29, 0.717) is 24.5 Å². The largest absolute Gasteiger partial charge is 0.460 e. The lowest BCUT2D eigenvalue weighted by Crippen LogP contribution is -2.45. The van der Waals surface area contributed by atoms with Crippen molar-refractivity contribution in [3.8, 4) is 0 Å². The Morgan fingerprint density at radius 3 is 2.64 bits per heavy atom. The zero-order valence-corrected chi connectivity index (χ0v) is 12.7. The van der Waals surface area contributed by atoms with Gasteiger partial charge in [0, 0.05) is 12.3 Å². The average molecular weight is 304 g/mol. The first kappa shape index (κ1) is 16.0. The summed E-state index contributed by atoms with van der Waals surface area (Å²) in [4.78, 5) is 24.0. The van der Waals surface area contributed by atoms with Gasteiger partial charge in [-0.25, -0.2) is 9.59 Å². The Labute approximate surface area is 129 Å². The Hall–Kier alpha value is -2.34. The van der Waals surface area contributed by atoms with Gasteiger partial charge in [0.25, 0.3) is 0 Å². The molecule has 6 heteroatoms. The van der Waals surface area contributed by atoms with E-state index in [4.69, 9.17) is 9.47 Å². The smallest absolute Gasteiger partial charge is 0.338 e. The maximum Gasteiger partial charge on any atom is 0.338 e. The molecule has 0 spiro atoms. The molecule has 1 heterocycles. The Balaban J connectivity index is 2.18. The van der Waals surface area contributed by atoms with Crippen molar-refractivity contribution in [2.75, 3.05) is 19.8 Å². The minimum absolute atomic E-state index is 0.179. The molecule has 2 N–H and O–H groups in total. The van der Waals surface area contributed by atoms with Crippen LogP contribution in [0, 0.1) is 0 Å². The van der Waals surface area contributed by atoms with E-state index >= 15 is 0 Å². The molecule has 0 unspecified atom stereocenters. The van der Waals surface area contributed by atoms with Gasteiger partial charge in [0.1, 0.15) is 6.61 Å². The summed E-state index contributed by atoms with van der Waals surface area (Å²) in [5.41, 5.74) is 1.73. The molecule has 0 fully saturated rings. The van der Waals surface area contributed by atoms with Crippen LogP contribution in [0.2, 0.25) is 0 Å². The fourth-order valence-electron chi connectivity index (χ4n) is 2.28. The molecule has 0 radical (unpaired) electrons. The van der Waals surface area contributed by atoms with Crippen molar-refractivity contribution in [2.24, 2.45) is 0 Å². The standard InChI is InChI=1S/C16H20N2O4/c1-3-21-9-10-22-15(19)13-11(2)17-16(20)18-14(13)12-7-5-4-6-8-12/h4-8,14H,3,9-10H2,1-2H3,(H2,17,18,20)/t14-/m1/s1. The highest BCUT2D eigenvalue weighted by Gasteiger charge is 2.31. The molecule has 1 aromatic carbocycles. The Morgan fingerprint density at radius 1 is 1.23 bits per heavy atom. The van der Waals surface area contributed by atoms with Crippen LogP contribution in [-0.2, 0) is 14.3 Å².